The smallest absolute Gasteiger partial charge is 0.307 e. The molecule has 0 fully saturated rings. The third-order valence-corrected chi connectivity index (χ3v) is 7.40. The van der Waals surface area contributed by atoms with Crippen molar-refractivity contribution < 1.29 is 32.2 Å². The van der Waals surface area contributed by atoms with Crippen LogP contribution in [0.2, 0.25) is 0 Å². The number of sulfone groups is 1. The normalized spacial score (nSPS) is 12.6. The standard InChI is InChI=1S/C25H25NO7S/c1-16-4-7-20(8-5-16)34(29,30)11-10-25(28)31-14-22(27)21-12-17(2)26(18(21)3)19-6-9-23-24(13-19)33-15-32-23/h4-9,12-13H,10-11,14-15H2,1-3H3. The molecule has 34 heavy (non-hydrogen) atoms. The number of benzene rings is 2. The van der Waals surface area contributed by atoms with E-state index in [9.17, 15) is 18.0 Å². The summed E-state index contributed by atoms with van der Waals surface area (Å²) in [6.07, 6.45) is -0.334. The van der Waals surface area contributed by atoms with Gasteiger partial charge < -0.3 is 18.8 Å². The Kier molecular flexibility index (Phi) is 6.47. The molecule has 0 atom stereocenters. The molecule has 9 heteroatoms. The number of rotatable bonds is 8. The van der Waals surface area contributed by atoms with E-state index in [2.05, 4.69) is 0 Å². The molecule has 0 amide bonds. The largest absolute Gasteiger partial charge is 0.457 e. The molecule has 178 valence electrons. The summed E-state index contributed by atoms with van der Waals surface area (Å²) in [6, 6.07) is 13.7. The number of ketones is 1. The Morgan fingerprint density at radius 1 is 0.971 bits per heavy atom. The molecule has 8 nitrogen and oxygen atoms in total. The molecule has 0 N–H and O–H groups in total. The fraction of sp³-hybridized carbons (Fsp3) is 0.280. The van der Waals surface area contributed by atoms with Crippen molar-refractivity contribution in [3.05, 3.63) is 71.0 Å². The van der Waals surface area contributed by atoms with Gasteiger partial charge in [0.25, 0.3) is 0 Å². The molecule has 0 saturated carbocycles. The summed E-state index contributed by atoms with van der Waals surface area (Å²) in [5.74, 6) is -0.198. The number of nitrogens with zero attached hydrogens (tertiary/aromatic N) is 1. The first kappa shape index (κ1) is 23.6. The summed E-state index contributed by atoms with van der Waals surface area (Å²) in [7, 11) is -3.62. The van der Waals surface area contributed by atoms with E-state index in [0.717, 1.165) is 16.9 Å². The maximum Gasteiger partial charge on any atom is 0.307 e. The van der Waals surface area contributed by atoms with Crippen molar-refractivity contribution >= 4 is 21.6 Å². The molecule has 1 aliphatic rings. The van der Waals surface area contributed by atoms with Gasteiger partial charge in [-0.15, -0.1) is 0 Å². The number of esters is 1. The highest BCUT2D eigenvalue weighted by Gasteiger charge is 2.21. The third kappa shape index (κ3) is 4.84. The van der Waals surface area contributed by atoms with Gasteiger partial charge in [-0.25, -0.2) is 8.42 Å². The summed E-state index contributed by atoms with van der Waals surface area (Å²) < 4.78 is 42.6. The zero-order valence-corrected chi connectivity index (χ0v) is 20.0. The number of carbonyl (C=O) groups is 2. The van der Waals surface area contributed by atoms with Crippen molar-refractivity contribution in [2.75, 3.05) is 19.2 Å². The Morgan fingerprint density at radius 3 is 2.41 bits per heavy atom. The molecule has 0 unspecified atom stereocenters. The number of Topliss-reactive ketones (excluding diaryl/α,β-unsaturated/α-hetero) is 1. The van der Waals surface area contributed by atoms with Gasteiger partial charge in [0.05, 0.1) is 17.1 Å². The minimum Gasteiger partial charge on any atom is -0.457 e. The van der Waals surface area contributed by atoms with Crippen molar-refractivity contribution in [2.24, 2.45) is 0 Å². The lowest BCUT2D eigenvalue weighted by molar-refractivity contribution is -0.142. The van der Waals surface area contributed by atoms with E-state index in [1.165, 1.54) is 12.1 Å². The van der Waals surface area contributed by atoms with Gasteiger partial charge in [-0.3, -0.25) is 9.59 Å². The molecule has 4 rings (SSSR count). The number of hydrogen-bond donors (Lipinski definition) is 0. The Hall–Kier alpha value is -3.59. The van der Waals surface area contributed by atoms with Crippen molar-refractivity contribution in [1.82, 2.24) is 4.57 Å². The van der Waals surface area contributed by atoms with Gasteiger partial charge in [0, 0.05) is 28.7 Å². The van der Waals surface area contributed by atoms with Crippen LogP contribution in [0.3, 0.4) is 0 Å². The lowest BCUT2D eigenvalue weighted by Gasteiger charge is -2.11. The molecule has 2 heterocycles. The van der Waals surface area contributed by atoms with E-state index in [1.807, 2.05) is 36.6 Å². The SMILES string of the molecule is Cc1ccc(S(=O)(=O)CCC(=O)OCC(=O)c2cc(C)n(-c3ccc4c(c3)OCO4)c2C)cc1. The molecule has 1 aromatic heterocycles. The number of aryl methyl sites for hydroxylation is 2. The molecule has 2 aromatic carbocycles. The summed E-state index contributed by atoms with van der Waals surface area (Å²) in [6.45, 7) is 5.24. The van der Waals surface area contributed by atoms with Gasteiger partial charge in [-0.2, -0.15) is 0 Å². The van der Waals surface area contributed by atoms with Crippen molar-refractivity contribution in [3.8, 4) is 17.2 Å². The van der Waals surface area contributed by atoms with E-state index < -0.39 is 22.4 Å². The first-order chi connectivity index (χ1) is 16.2. The van der Waals surface area contributed by atoms with Crippen LogP contribution in [-0.4, -0.2) is 43.9 Å². The van der Waals surface area contributed by atoms with Gasteiger partial charge in [0.1, 0.15) is 0 Å². The Morgan fingerprint density at radius 2 is 1.68 bits per heavy atom. The fourth-order valence-electron chi connectivity index (χ4n) is 3.84. The summed E-state index contributed by atoms with van der Waals surface area (Å²) in [5.41, 5.74) is 3.70. The van der Waals surface area contributed by atoms with Crippen LogP contribution in [0.5, 0.6) is 11.5 Å². The van der Waals surface area contributed by atoms with Gasteiger partial charge in [-0.05, 0) is 51.1 Å². The topological polar surface area (TPSA) is 101 Å². The van der Waals surface area contributed by atoms with Crippen LogP contribution in [0.1, 0.15) is 33.7 Å². The van der Waals surface area contributed by atoms with Crippen molar-refractivity contribution in [3.63, 3.8) is 0 Å². The average molecular weight is 484 g/mol. The van der Waals surface area contributed by atoms with Crippen LogP contribution in [-0.2, 0) is 19.4 Å². The van der Waals surface area contributed by atoms with Crippen LogP contribution in [0.25, 0.3) is 5.69 Å². The molecule has 0 spiro atoms. The zero-order valence-electron chi connectivity index (χ0n) is 19.2. The Balaban J connectivity index is 1.38. The number of carbonyl (C=O) groups excluding carboxylic acids is 2. The molecular formula is C25H25NO7S. The predicted octanol–water partition coefficient (Wildman–Crippen LogP) is 3.72. The second-order valence-electron chi connectivity index (χ2n) is 8.12. The highest BCUT2D eigenvalue weighted by Crippen LogP contribution is 2.35. The average Bonchev–Trinajstić information content (AvgIpc) is 3.39. The second kappa shape index (κ2) is 9.34. The van der Waals surface area contributed by atoms with E-state index >= 15 is 0 Å². The molecule has 0 radical (unpaired) electrons. The summed E-state index contributed by atoms with van der Waals surface area (Å²) in [4.78, 5) is 25.0. The lowest BCUT2D eigenvalue weighted by Crippen LogP contribution is -2.18. The predicted molar refractivity (Wildman–Crippen MR) is 125 cm³/mol. The van der Waals surface area contributed by atoms with Crippen LogP contribution < -0.4 is 9.47 Å². The van der Waals surface area contributed by atoms with Gasteiger partial charge in [-0.1, -0.05) is 17.7 Å². The fourth-order valence-corrected chi connectivity index (χ4v) is 5.07. The lowest BCUT2D eigenvalue weighted by atomic mass is 10.1. The van der Waals surface area contributed by atoms with Crippen LogP contribution in [0, 0.1) is 20.8 Å². The van der Waals surface area contributed by atoms with Gasteiger partial charge >= 0.3 is 5.97 Å². The highest BCUT2D eigenvalue weighted by atomic mass is 32.2. The van der Waals surface area contributed by atoms with Crippen LogP contribution in [0.4, 0.5) is 0 Å². The van der Waals surface area contributed by atoms with E-state index in [1.54, 1.807) is 25.1 Å². The first-order valence-corrected chi connectivity index (χ1v) is 12.4. The summed E-state index contributed by atoms with van der Waals surface area (Å²) >= 11 is 0. The van der Waals surface area contributed by atoms with E-state index in [4.69, 9.17) is 14.2 Å². The number of hydrogen-bond acceptors (Lipinski definition) is 7. The van der Waals surface area contributed by atoms with Crippen molar-refractivity contribution in [2.45, 2.75) is 32.1 Å². The van der Waals surface area contributed by atoms with E-state index in [-0.39, 0.29) is 29.6 Å². The molecule has 1 aliphatic heterocycles. The van der Waals surface area contributed by atoms with Crippen LogP contribution in [0.15, 0.2) is 53.4 Å². The van der Waals surface area contributed by atoms with Gasteiger partial charge in [0.2, 0.25) is 12.6 Å². The minimum absolute atomic E-state index is 0.151. The molecular weight excluding hydrogens is 458 g/mol. The first-order valence-electron chi connectivity index (χ1n) is 10.7. The highest BCUT2D eigenvalue weighted by molar-refractivity contribution is 7.91. The molecule has 3 aromatic rings. The number of fused-ring (bicyclic) bond motifs is 1. The zero-order chi connectivity index (χ0) is 24.5. The van der Waals surface area contributed by atoms with Crippen LogP contribution >= 0.6 is 0 Å². The monoisotopic (exact) mass is 483 g/mol. The second-order valence-corrected chi connectivity index (χ2v) is 10.2. The molecule has 0 aliphatic carbocycles. The quantitative estimate of drug-likeness (QED) is 0.355. The minimum atomic E-state index is -3.62. The van der Waals surface area contributed by atoms with Gasteiger partial charge in [0.15, 0.2) is 27.9 Å². The maximum absolute atomic E-state index is 12.8. The summed E-state index contributed by atoms with van der Waals surface area (Å²) in [5, 5.41) is 0. The molecule has 0 saturated heterocycles. The number of ether oxygens (including phenoxy) is 3. The number of aromatic nitrogens is 1. The Bertz CT molecular complexity index is 1350. The molecule has 0 bridgehead atoms. The Labute approximate surface area is 198 Å². The third-order valence-electron chi connectivity index (χ3n) is 5.67. The maximum atomic E-state index is 12.8. The van der Waals surface area contributed by atoms with E-state index in [0.29, 0.717) is 22.8 Å². The van der Waals surface area contributed by atoms with Crippen molar-refractivity contribution in [1.29, 1.82) is 0 Å².